The molecule has 23 heavy (non-hydrogen) atoms. The molecule has 1 aliphatic heterocycles. The molecule has 1 aliphatic rings. The highest BCUT2D eigenvalue weighted by Gasteiger charge is 2.41. The third-order valence-electron chi connectivity index (χ3n) is 3.77. The van der Waals surface area contributed by atoms with Crippen LogP contribution in [0.15, 0.2) is 28.7 Å². The molecule has 1 fully saturated rings. The minimum absolute atomic E-state index is 0.0994. The van der Waals surface area contributed by atoms with Crippen LogP contribution >= 0.6 is 15.9 Å². The van der Waals surface area contributed by atoms with Crippen LogP contribution in [-0.2, 0) is 16.0 Å². The lowest BCUT2D eigenvalue weighted by Crippen LogP contribution is -2.43. The summed E-state index contributed by atoms with van der Waals surface area (Å²) in [6.45, 7) is 5.72. The summed E-state index contributed by atoms with van der Waals surface area (Å²) in [5.74, 6) is -0.882. The number of carboxylic acids is 1. The molecular weight excluding hydrogens is 362 g/mol. The average Bonchev–Trinajstić information content (AvgIpc) is 2.84. The van der Waals surface area contributed by atoms with Gasteiger partial charge in [-0.25, -0.2) is 9.59 Å². The van der Waals surface area contributed by atoms with E-state index in [0.29, 0.717) is 13.0 Å². The second-order valence-electron chi connectivity index (χ2n) is 6.88. The Morgan fingerprint density at radius 1 is 1.35 bits per heavy atom. The summed E-state index contributed by atoms with van der Waals surface area (Å²) in [7, 11) is 0. The molecule has 0 saturated carbocycles. The minimum atomic E-state index is -0.981. The summed E-state index contributed by atoms with van der Waals surface area (Å²) >= 11 is 3.51. The molecular formula is C17H22BrNO4. The van der Waals surface area contributed by atoms with Gasteiger partial charge in [-0.1, -0.05) is 34.1 Å². The third-order valence-corrected chi connectivity index (χ3v) is 4.54. The van der Waals surface area contributed by atoms with Crippen LogP contribution in [0.4, 0.5) is 4.79 Å². The Labute approximate surface area is 144 Å². The summed E-state index contributed by atoms with van der Waals surface area (Å²) in [6, 6.07) is 7.04. The van der Waals surface area contributed by atoms with E-state index in [1.165, 1.54) is 4.90 Å². The number of nitrogens with zero attached hydrogens (tertiary/aromatic N) is 1. The number of halogens is 1. The lowest BCUT2D eigenvalue weighted by molar-refractivity contribution is -0.142. The number of benzene rings is 1. The van der Waals surface area contributed by atoms with E-state index in [0.717, 1.165) is 16.5 Å². The van der Waals surface area contributed by atoms with Gasteiger partial charge in [0.15, 0.2) is 0 Å². The number of hydrogen-bond acceptors (Lipinski definition) is 3. The van der Waals surface area contributed by atoms with Crippen LogP contribution in [0, 0.1) is 5.92 Å². The number of carboxylic acid groups (broad SMARTS) is 1. The SMILES string of the molecule is CC(C)(C)OC(=O)N1C[C@@H](Cc2ccccc2Br)C[C@@H]1C(=O)O. The van der Waals surface area contributed by atoms with Crippen LogP contribution in [0.2, 0.25) is 0 Å². The molecule has 0 aromatic heterocycles. The van der Waals surface area contributed by atoms with E-state index in [-0.39, 0.29) is 5.92 Å². The molecule has 1 saturated heterocycles. The van der Waals surface area contributed by atoms with Gasteiger partial charge in [0, 0.05) is 11.0 Å². The normalized spacial score (nSPS) is 21.3. The molecule has 0 unspecified atom stereocenters. The van der Waals surface area contributed by atoms with E-state index in [2.05, 4.69) is 15.9 Å². The zero-order valence-electron chi connectivity index (χ0n) is 13.6. The highest BCUT2D eigenvalue weighted by Crippen LogP contribution is 2.30. The van der Waals surface area contributed by atoms with Gasteiger partial charge in [0.05, 0.1) is 0 Å². The smallest absolute Gasteiger partial charge is 0.411 e. The third kappa shape index (κ3) is 4.70. The molecule has 0 spiro atoms. The zero-order valence-corrected chi connectivity index (χ0v) is 15.2. The van der Waals surface area contributed by atoms with Crippen LogP contribution in [-0.4, -0.2) is 40.3 Å². The number of carbonyl (C=O) groups is 2. The van der Waals surface area contributed by atoms with Gasteiger partial charge < -0.3 is 9.84 Å². The fraction of sp³-hybridized carbons (Fsp3) is 0.529. The van der Waals surface area contributed by atoms with Crippen molar-refractivity contribution in [1.82, 2.24) is 4.90 Å². The predicted molar refractivity (Wildman–Crippen MR) is 90.3 cm³/mol. The summed E-state index contributed by atoms with van der Waals surface area (Å²) in [4.78, 5) is 25.1. The van der Waals surface area contributed by atoms with Crippen LogP contribution < -0.4 is 0 Å². The van der Waals surface area contributed by atoms with Crippen molar-refractivity contribution >= 4 is 28.0 Å². The van der Waals surface area contributed by atoms with Crippen molar-refractivity contribution in [3.8, 4) is 0 Å². The molecule has 2 atom stereocenters. The first-order chi connectivity index (χ1) is 10.7. The Balaban J connectivity index is 2.10. The zero-order chi connectivity index (χ0) is 17.2. The molecule has 0 bridgehead atoms. The van der Waals surface area contributed by atoms with Gasteiger partial charge in [-0.15, -0.1) is 0 Å². The summed E-state index contributed by atoms with van der Waals surface area (Å²) < 4.78 is 6.34. The second-order valence-corrected chi connectivity index (χ2v) is 7.74. The molecule has 5 nitrogen and oxygen atoms in total. The van der Waals surface area contributed by atoms with Gasteiger partial charge in [-0.05, 0) is 51.2 Å². The Bertz CT molecular complexity index is 597. The lowest BCUT2D eigenvalue weighted by Gasteiger charge is -2.26. The molecule has 6 heteroatoms. The molecule has 0 aliphatic carbocycles. The minimum Gasteiger partial charge on any atom is -0.480 e. The lowest BCUT2D eigenvalue weighted by atomic mass is 9.97. The number of ether oxygens (including phenoxy) is 1. The largest absolute Gasteiger partial charge is 0.480 e. The Morgan fingerprint density at radius 3 is 2.57 bits per heavy atom. The predicted octanol–water partition coefficient (Wildman–Crippen LogP) is 3.70. The number of hydrogen-bond donors (Lipinski definition) is 1. The van der Waals surface area contributed by atoms with E-state index in [4.69, 9.17) is 4.74 Å². The molecule has 1 aromatic carbocycles. The average molecular weight is 384 g/mol. The van der Waals surface area contributed by atoms with E-state index < -0.39 is 23.7 Å². The molecule has 0 radical (unpaired) electrons. The van der Waals surface area contributed by atoms with Crippen LogP contribution in [0.1, 0.15) is 32.8 Å². The fourth-order valence-corrected chi connectivity index (χ4v) is 3.25. The molecule has 1 aromatic rings. The number of aliphatic carboxylic acids is 1. The molecule has 126 valence electrons. The molecule has 1 N–H and O–H groups in total. The van der Waals surface area contributed by atoms with Crippen molar-refractivity contribution in [2.24, 2.45) is 5.92 Å². The highest BCUT2D eigenvalue weighted by molar-refractivity contribution is 9.10. The van der Waals surface area contributed by atoms with Gasteiger partial charge in [0.2, 0.25) is 0 Å². The highest BCUT2D eigenvalue weighted by atomic mass is 79.9. The van der Waals surface area contributed by atoms with E-state index in [1.807, 2.05) is 24.3 Å². The molecule has 2 rings (SSSR count). The van der Waals surface area contributed by atoms with Gasteiger partial charge in [-0.2, -0.15) is 0 Å². The van der Waals surface area contributed by atoms with Crippen LogP contribution in [0.5, 0.6) is 0 Å². The van der Waals surface area contributed by atoms with Crippen LogP contribution in [0.3, 0.4) is 0 Å². The van der Waals surface area contributed by atoms with Gasteiger partial charge >= 0.3 is 12.1 Å². The van der Waals surface area contributed by atoms with Crippen molar-refractivity contribution in [1.29, 1.82) is 0 Å². The second kappa shape index (κ2) is 6.91. The quantitative estimate of drug-likeness (QED) is 0.863. The van der Waals surface area contributed by atoms with Crippen molar-refractivity contribution in [3.63, 3.8) is 0 Å². The Hall–Kier alpha value is -1.56. The Morgan fingerprint density at radius 2 is 2.00 bits per heavy atom. The number of rotatable bonds is 3. The maximum atomic E-state index is 12.3. The van der Waals surface area contributed by atoms with E-state index >= 15 is 0 Å². The van der Waals surface area contributed by atoms with Gasteiger partial charge in [-0.3, -0.25) is 4.90 Å². The van der Waals surface area contributed by atoms with Crippen molar-refractivity contribution < 1.29 is 19.4 Å². The number of carbonyl (C=O) groups excluding carboxylic acids is 1. The Kier molecular flexibility index (Phi) is 5.34. The monoisotopic (exact) mass is 383 g/mol. The van der Waals surface area contributed by atoms with Gasteiger partial charge in [0.1, 0.15) is 11.6 Å². The van der Waals surface area contributed by atoms with Crippen molar-refractivity contribution in [3.05, 3.63) is 34.3 Å². The van der Waals surface area contributed by atoms with Gasteiger partial charge in [0.25, 0.3) is 0 Å². The number of amides is 1. The van der Waals surface area contributed by atoms with Crippen LogP contribution in [0.25, 0.3) is 0 Å². The molecule has 1 heterocycles. The first-order valence-corrected chi connectivity index (χ1v) is 8.42. The van der Waals surface area contributed by atoms with Crippen molar-refractivity contribution in [2.75, 3.05) is 6.54 Å². The standard InChI is InChI=1S/C17H22BrNO4/c1-17(2,3)23-16(22)19-10-11(9-14(19)15(20)21)8-12-6-4-5-7-13(12)18/h4-7,11,14H,8-10H2,1-3H3,(H,20,21)/t11-,14+/m0/s1. The van der Waals surface area contributed by atoms with E-state index in [9.17, 15) is 14.7 Å². The van der Waals surface area contributed by atoms with Crippen molar-refractivity contribution in [2.45, 2.75) is 45.3 Å². The summed E-state index contributed by atoms with van der Waals surface area (Å²) in [5.41, 5.74) is 0.480. The summed E-state index contributed by atoms with van der Waals surface area (Å²) in [5, 5.41) is 9.41. The fourth-order valence-electron chi connectivity index (χ4n) is 2.80. The molecule has 1 amide bonds. The maximum Gasteiger partial charge on any atom is 0.411 e. The summed E-state index contributed by atoms with van der Waals surface area (Å²) in [6.07, 6.45) is 0.611. The topological polar surface area (TPSA) is 66.8 Å². The van der Waals surface area contributed by atoms with E-state index in [1.54, 1.807) is 20.8 Å². The maximum absolute atomic E-state index is 12.3. The first-order valence-electron chi connectivity index (χ1n) is 7.63. The first kappa shape index (κ1) is 17.8. The number of likely N-dealkylation sites (tertiary alicyclic amines) is 1.